The molecule has 0 rings (SSSR count). The van der Waals surface area contributed by atoms with E-state index in [0.717, 1.165) is 64.2 Å². The van der Waals surface area contributed by atoms with E-state index in [1.807, 2.05) is 12.2 Å². The van der Waals surface area contributed by atoms with Gasteiger partial charge in [0.25, 0.3) is 0 Å². The van der Waals surface area contributed by atoms with E-state index in [1.54, 1.807) is 0 Å². The predicted molar refractivity (Wildman–Crippen MR) is 233 cm³/mol. The SMILES string of the molecule is CCCCC/C=C/C/C=C/C/C=C/C/C=C/CCCC(=O)O[C@H](COC(=O)CCCCCC/C=C/C/C=C/C/C=C/CCCCC)COP(=O)(O)OC[C@@H](O)CO. The smallest absolute Gasteiger partial charge is 0.462 e. The summed E-state index contributed by atoms with van der Waals surface area (Å²) in [6.45, 7) is 2.21. The van der Waals surface area contributed by atoms with Crippen molar-refractivity contribution in [3.8, 4) is 0 Å². The topological polar surface area (TPSA) is 149 Å². The van der Waals surface area contributed by atoms with Gasteiger partial charge in [0.05, 0.1) is 19.8 Å². The molecule has 1 unspecified atom stereocenters. The maximum absolute atomic E-state index is 12.6. The summed E-state index contributed by atoms with van der Waals surface area (Å²) in [5.41, 5.74) is 0. The Morgan fingerprint density at radius 2 is 0.930 bits per heavy atom. The first-order valence-corrected chi connectivity index (χ1v) is 23.0. The Morgan fingerprint density at radius 1 is 0.526 bits per heavy atom. The molecule has 0 aromatic carbocycles. The lowest BCUT2D eigenvalue weighted by molar-refractivity contribution is -0.161. The van der Waals surface area contributed by atoms with Gasteiger partial charge in [-0.05, 0) is 89.9 Å². The highest BCUT2D eigenvalue weighted by Gasteiger charge is 2.27. The van der Waals surface area contributed by atoms with Gasteiger partial charge in [-0.15, -0.1) is 0 Å². The molecule has 326 valence electrons. The maximum Gasteiger partial charge on any atom is 0.472 e. The van der Waals surface area contributed by atoms with Gasteiger partial charge in [-0.2, -0.15) is 0 Å². The molecule has 0 radical (unpaired) electrons. The molecule has 0 amide bonds. The van der Waals surface area contributed by atoms with E-state index in [2.05, 4.69) is 91.3 Å². The molecular weight excluding hydrogens is 743 g/mol. The molecule has 0 aliphatic carbocycles. The van der Waals surface area contributed by atoms with Crippen molar-refractivity contribution in [1.82, 2.24) is 0 Å². The number of hydrogen-bond acceptors (Lipinski definition) is 9. The zero-order valence-corrected chi connectivity index (χ0v) is 36.2. The van der Waals surface area contributed by atoms with Gasteiger partial charge >= 0.3 is 19.8 Å². The molecule has 0 heterocycles. The third-order valence-electron chi connectivity index (χ3n) is 8.52. The van der Waals surface area contributed by atoms with E-state index < -0.39 is 51.8 Å². The van der Waals surface area contributed by atoms with E-state index in [-0.39, 0.29) is 19.4 Å². The average Bonchev–Trinajstić information content (AvgIpc) is 3.20. The Balaban J connectivity index is 4.46. The molecule has 0 aromatic heterocycles. The van der Waals surface area contributed by atoms with E-state index in [4.69, 9.17) is 19.1 Å². The molecule has 57 heavy (non-hydrogen) atoms. The third-order valence-corrected chi connectivity index (χ3v) is 9.47. The summed E-state index contributed by atoms with van der Waals surface area (Å²) in [6, 6.07) is 0. The molecular formula is C46H77O10P. The van der Waals surface area contributed by atoms with Crippen LogP contribution in [0.4, 0.5) is 0 Å². The van der Waals surface area contributed by atoms with Crippen molar-refractivity contribution in [2.24, 2.45) is 0 Å². The van der Waals surface area contributed by atoms with Crippen LogP contribution in [0.3, 0.4) is 0 Å². The highest BCUT2D eigenvalue weighted by molar-refractivity contribution is 7.47. The third kappa shape index (κ3) is 41.1. The Morgan fingerprint density at radius 3 is 1.40 bits per heavy atom. The van der Waals surface area contributed by atoms with Gasteiger partial charge in [-0.25, -0.2) is 4.57 Å². The number of carbonyl (C=O) groups excluding carboxylic acids is 2. The van der Waals surface area contributed by atoms with Crippen LogP contribution in [0.5, 0.6) is 0 Å². The molecule has 0 aliphatic rings. The summed E-state index contributed by atoms with van der Waals surface area (Å²) < 4.78 is 32.6. The Hall–Kier alpha value is -2.85. The molecule has 0 fully saturated rings. The molecule has 0 saturated carbocycles. The van der Waals surface area contributed by atoms with Gasteiger partial charge in [0.15, 0.2) is 6.10 Å². The molecule has 0 bridgehead atoms. The van der Waals surface area contributed by atoms with Crippen LogP contribution in [0.25, 0.3) is 0 Å². The number of phosphoric ester groups is 1. The summed E-state index contributed by atoms with van der Waals surface area (Å²) >= 11 is 0. The average molecular weight is 821 g/mol. The number of aliphatic hydroxyl groups is 2. The summed E-state index contributed by atoms with van der Waals surface area (Å²) in [7, 11) is -4.64. The van der Waals surface area contributed by atoms with Crippen LogP contribution in [-0.4, -0.2) is 65.7 Å². The standard InChI is InChI=1S/C46H77O10P/c1-3-5-7-9-11-13-15-17-19-21-23-25-27-29-31-33-35-37-45(49)53-41-44(42-55-57(51,52)54-40-43(48)39-47)56-46(50)38-36-34-32-30-28-26-24-22-20-18-16-14-12-10-8-6-4-2/h11-14,17-20,23-26,30,32,43-44,47-48H,3-10,15-16,21-22,27-29,31,33-42H2,1-2H3,(H,51,52)/b13-11+,14-12+,19-17+,20-18+,25-23+,26-24+,32-30+/t43-,44+/m0/s1. The Kier molecular flexibility index (Phi) is 39.2. The van der Waals surface area contributed by atoms with Crippen molar-refractivity contribution >= 4 is 19.8 Å². The molecule has 11 heteroatoms. The molecule has 3 N–H and O–H groups in total. The van der Waals surface area contributed by atoms with Gasteiger partial charge < -0.3 is 24.6 Å². The first-order valence-electron chi connectivity index (χ1n) is 21.5. The second-order valence-corrected chi connectivity index (χ2v) is 15.5. The van der Waals surface area contributed by atoms with Crippen LogP contribution in [0, 0.1) is 0 Å². The van der Waals surface area contributed by atoms with Gasteiger partial charge in [-0.3, -0.25) is 18.6 Å². The first-order chi connectivity index (χ1) is 27.7. The molecule has 0 aromatic rings. The number of unbranched alkanes of at least 4 members (excludes halogenated alkanes) is 11. The van der Waals surface area contributed by atoms with Gasteiger partial charge in [0.2, 0.25) is 0 Å². The second-order valence-electron chi connectivity index (χ2n) is 14.0. The largest absolute Gasteiger partial charge is 0.472 e. The van der Waals surface area contributed by atoms with Crippen molar-refractivity contribution < 1.29 is 47.8 Å². The highest BCUT2D eigenvalue weighted by Crippen LogP contribution is 2.43. The van der Waals surface area contributed by atoms with Crippen molar-refractivity contribution in [2.45, 2.75) is 167 Å². The number of phosphoric acid groups is 1. The summed E-state index contributed by atoms with van der Waals surface area (Å²) in [5.74, 6) is -1.02. The molecule has 3 atom stereocenters. The van der Waals surface area contributed by atoms with Crippen LogP contribution in [0.15, 0.2) is 85.1 Å². The van der Waals surface area contributed by atoms with E-state index in [9.17, 15) is 24.2 Å². The number of esters is 2. The quantitative estimate of drug-likeness (QED) is 0.0237. The molecule has 0 saturated heterocycles. The summed E-state index contributed by atoms with van der Waals surface area (Å²) in [4.78, 5) is 35.0. The van der Waals surface area contributed by atoms with Gasteiger partial charge in [0, 0.05) is 12.8 Å². The fraction of sp³-hybridized carbons (Fsp3) is 0.652. The summed E-state index contributed by atoms with van der Waals surface area (Å²) in [6.07, 6.45) is 48.4. The number of rotatable bonds is 39. The predicted octanol–water partition coefficient (Wildman–Crippen LogP) is 11.4. The van der Waals surface area contributed by atoms with Crippen molar-refractivity contribution in [3.05, 3.63) is 85.1 Å². The number of carbonyl (C=O) groups is 2. The van der Waals surface area contributed by atoms with Crippen LogP contribution in [0.1, 0.15) is 155 Å². The Labute approximate surface area is 345 Å². The number of ether oxygens (including phenoxy) is 2. The number of hydrogen-bond donors (Lipinski definition) is 3. The number of allylic oxidation sites excluding steroid dienone is 14. The minimum Gasteiger partial charge on any atom is -0.462 e. The fourth-order valence-electron chi connectivity index (χ4n) is 5.17. The highest BCUT2D eigenvalue weighted by atomic mass is 31.2. The van der Waals surface area contributed by atoms with Crippen LogP contribution < -0.4 is 0 Å². The van der Waals surface area contributed by atoms with Crippen LogP contribution in [-0.2, 0) is 32.7 Å². The van der Waals surface area contributed by atoms with Crippen molar-refractivity contribution in [3.63, 3.8) is 0 Å². The maximum atomic E-state index is 12.6. The zero-order valence-electron chi connectivity index (χ0n) is 35.3. The van der Waals surface area contributed by atoms with E-state index in [0.29, 0.717) is 19.3 Å². The van der Waals surface area contributed by atoms with Crippen molar-refractivity contribution in [2.75, 3.05) is 26.4 Å². The molecule has 0 spiro atoms. The first kappa shape index (κ1) is 54.2. The van der Waals surface area contributed by atoms with Crippen LogP contribution >= 0.6 is 7.82 Å². The van der Waals surface area contributed by atoms with Gasteiger partial charge in [-0.1, -0.05) is 137 Å². The lowest BCUT2D eigenvalue weighted by Crippen LogP contribution is -2.29. The lowest BCUT2D eigenvalue weighted by Gasteiger charge is -2.20. The Bertz CT molecular complexity index is 1220. The minimum atomic E-state index is -4.64. The van der Waals surface area contributed by atoms with Crippen LogP contribution in [0.2, 0.25) is 0 Å². The normalized spacial score (nSPS) is 14.7. The van der Waals surface area contributed by atoms with Gasteiger partial charge in [0.1, 0.15) is 12.7 Å². The summed E-state index contributed by atoms with van der Waals surface area (Å²) in [5, 5.41) is 18.3. The lowest BCUT2D eigenvalue weighted by atomic mass is 10.1. The minimum absolute atomic E-state index is 0.0984. The molecule has 0 aliphatic heterocycles. The van der Waals surface area contributed by atoms with E-state index in [1.165, 1.54) is 44.9 Å². The number of aliphatic hydroxyl groups excluding tert-OH is 2. The monoisotopic (exact) mass is 821 g/mol. The van der Waals surface area contributed by atoms with Crippen molar-refractivity contribution in [1.29, 1.82) is 0 Å². The van der Waals surface area contributed by atoms with E-state index >= 15 is 0 Å². The second kappa shape index (κ2) is 41.3. The fourth-order valence-corrected chi connectivity index (χ4v) is 5.96. The molecule has 10 nitrogen and oxygen atoms in total. The zero-order chi connectivity index (χ0) is 41.9.